The highest BCUT2D eigenvalue weighted by molar-refractivity contribution is 7.91. The summed E-state index contributed by atoms with van der Waals surface area (Å²) in [5, 5.41) is 15.6. The van der Waals surface area contributed by atoms with Crippen LogP contribution in [0.1, 0.15) is 37.7 Å². The molecule has 1 fully saturated rings. The number of nitrogens with one attached hydrogen (secondary N) is 1. The molecule has 0 unspecified atom stereocenters. The molecule has 2 aromatic rings. The van der Waals surface area contributed by atoms with E-state index in [2.05, 4.69) is 20.4 Å². The highest BCUT2D eigenvalue weighted by Crippen LogP contribution is 2.22. The molecule has 1 heterocycles. The number of carbonyl (C=O) groups is 1. The van der Waals surface area contributed by atoms with Crippen molar-refractivity contribution in [3.05, 3.63) is 42.2 Å². The first-order chi connectivity index (χ1) is 16.9. The molecule has 0 radical (unpaired) electrons. The van der Waals surface area contributed by atoms with E-state index >= 15 is 0 Å². The fraction of sp³-hybridized carbons (Fsp3) is 0.478. The molecule has 2 N–H and O–H groups in total. The van der Waals surface area contributed by atoms with E-state index in [4.69, 9.17) is 19.4 Å². The van der Waals surface area contributed by atoms with Gasteiger partial charge in [0.15, 0.2) is 21.4 Å². The van der Waals surface area contributed by atoms with Crippen molar-refractivity contribution in [3.63, 3.8) is 0 Å². The summed E-state index contributed by atoms with van der Waals surface area (Å²) in [5.74, 6) is -0.254. The monoisotopic (exact) mass is 506 g/mol. The number of ether oxygens (including phenoxy) is 2. The molecule has 12 heteroatoms. The second-order valence-corrected chi connectivity index (χ2v) is 10.0. The van der Waals surface area contributed by atoms with Gasteiger partial charge in [-0.1, -0.05) is 17.3 Å². The van der Waals surface area contributed by atoms with Gasteiger partial charge in [-0.2, -0.15) is 0 Å². The van der Waals surface area contributed by atoms with Crippen molar-refractivity contribution in [2.24, 2.45) is 5.16 Å². The molecule has 0 saturated heterocycles. The summed E-state index contributed by atoms with van der Waals surface area (Å²) in [7, 11) is -1.96. The van der Waals surface area contributed by atoms with Gasteiger partial charge in [-0.3, -0.25) is 4.79 Å². The summed E-state index contributed by atoms with van der Waals surface area (Å²) in [5.41, 5.74) is 0.384. The van der Waals surface area contributed by atoms with Gasteiger partial charge in [0.1, 0.15) is 12.7 Å². The first-order valence-electron chi connectivity index (χ1n) is 11.4. The van der Waals surface area contributed by atoms with Crippen LogP contribution in [-0.4, -0.2) is 73.9 Å². The maximum absolute atomic E-state index is 13.0. The van der Waals surface area contributed by atoms with Gasteiger partial charge in [0.05, 0.1) is 29.6 Å². The number of aromatic nitrogens is 2. The Morgan fingerprint density at radius 1 is 1.14 bits per heavy atom. The van der Waals surface area contributed by atoms with Crippen LogP contribution in [0.25, 0.3) is 0 Å². The SMILES string of the molecule is COCCCS(=O)(=O)c1ccc(C(=NOC2CCCC2)C(=O)Nc2cnc(OCCO)cn2)cc1. The van der Waals surface area contributed by atoms with E-state index in [1.54, 1.807) is 0 Å². The van der Waals surface area contributed by atoms with E-state index < -0.39 is 15.7 Å². The Morgan fingerprint density at radius 2 is 1.89 bits per heavy atom. The van der Waals surface area contributed by atoms with E-state index in [-0.39, 0.29) is 47.4 Å². The fourth-order valence-corrected chi connectivity index (χ4v) is 4.74. The topological polar surface area (TPSA) is 149 Å². The lowest BCUT2D eigenvalue weighted by atomic mass is 10.1. The van der Waals surface area contributed by atoms with Crippen LogP contribution in [0.5, 0.6) is 5.88 Å². The van der Waals surface area contributed by atoms with Crippen molar-refractivity contribution < 1.29 is 32.6 Å². The summed E-state index contributed by atoms with van der Waals surface area (Å²) in [6, 6.07) is 5.94. The molecule has 1 saturated carbocycles. The molecule has 0 bridgehead atoms. The Kier molecular flexibility index (Phi) is 9.94. The number of sulfone groups is 1. The van der Waals surface area contributed by atoms with E-state index in [9.17, 15) is 13.2 Å². The van der Waals surface area contributed by atoms with Crippen molar-refractivity contribution in [2.45, 2.75) is 43.1 Å². The molecule has 190 valence electrons. The Balaban J connectivity index is 1.77. The quantitative estimate of drug-likeness (QED) is 0.236. The Hall–Kier alpha value is -3.09. The fourth-order valence-electron chi connectivity index (χ4n) is 3.46. The third-order valence-corrected chi connectivity index (χ3v) is 7.09. The molecule has 0 spiro atoms. The van der Waals surface area contributed by atoms with Gasteiger partial charge in [-0.05, 0) is 44.2 Å². The lowest BCUT2D eigenvalue weighted by molar-refractivity contribution is -0.110. The van der Waals surface area contributed by atoms with Crippen LogP contribution in [0.3, 0.4) is 0 Å². The number of methoxy groups -OCH3 is 1. The number of carbonyl (C=O) groups excluding carboxylic acids is 1. The molecule has 0 aliphatic heterocycles. The summed E-state index contributed by atoms with van der Waals surface area (Å²) >= 11 is 0. The molecule has 1 aliphatic carbocycles. The first-order valence-corrected chi connectivity index (χ1v) is 13.0. The molecule has 0 atom stereocenters. The normalized spacial score (nSPS) is 14.6. The second-order valence-electron chi connectivity index (χ2n) is 7.91. The van der Waals surface area contributed by atoms with E-state index in [1.807, 2.05) is 0 Å². The number of oxime groups is 1. The molecule has 1 amide bonds. The first kappa shape index (κ1) is 26.5. The predicted octanol–water partition coefficient (Wildman–Crippen LogP) is 1.96. The van der Waals surface area contributed by atoms with Crippen LogP contribution in [0.15, 0.2) is 46.7 Å². The van der Waals surface area contributed by atoms with Crippen LogP contribution in [0.4, 0.5) is 5.82 Å². The largest absolute Gasteiger partial charge is 0.474 e. The van der Waals surface area contributed by atoms with Gasteiger partial charge in [0, 0.05) is 19.3 Å². The summed E-state index contributed by atoms with van der Waals surface area (Å²) < 4.78 is 35.1. The van der Waals surface area contributed by atoms with Gasteiger partial charge in [-0.15, -0.1) is 0 Å². The average molecular weight is 507 g/mol. The molecule has 11 nitrogen and oxygen atoms in total. The standard InChI is InChI=1S/C23H30N4O7S/c1-32-12-4-14-35(30,31)19-9-7-17(8-10-19)22(27-34-18-5-2-3-6-18)23(29)26-20-15-25-21(16-24-20)33-13-11-28/h7-10,15-16,18,28H,2-6,11-14H2,1H3,(H,24,26,29). The number of nitrogens with zero attached hydrogens (tertiary/aromatic N) is 3. The number of amides is 1. The third-order valence-electron chi connectivity index (χ3n) is 5.27. The Morgan fingerprint density at radius 3 is 2.51 bits per heavy atom. The minimum Gasteiger partial charge on any atom is -0.474 e. The van der Waals surface area contributed by atoms with Gasteiger partial charge < -0.3 is 24.7 Å². The Bertz CT molecular complexity index is 1080. The molecule has 35 heavy (non-hydrogen) atoms. The van der Waals surface area contributed by atoms with Crippen LogP contribution in [0.2, 0.25) is 0 Å². The number of aliphatic hydroxyl groups is 1. The van der Waals surface area contributed by atoms with Crippen molar-refractivity contribution in [2.75, 3.05) is 38.0 Å². The summed E-state index contributed by atoms with van der Waals surface area (Å²) in [4.78, 5) is 26.9. The van der Waals surface area contributed by atoms with Crippen LogP contribution >= 0.6 is 0 Å². The molecular formula is C23H30N4O7S. The number of hydrogen-bond acceptors (Lipinski definition) is 10. The van der Waals surface area contributed by atoms with E-state index in [0.717, 1.165) is 25.7 Å². The minimum atomic E-state index is -3.48. The Labute approximate surface area is 204 Å². The zero-order chi connectivity index (χ0) is 25.1. The van der Waals surface area contributed by atoms with E-state index in [1.165, 1.54) is 43.8 Å². The third kappa shape index (κ3) is 7.98. The lowest BCUT2D eigenvalue weighted by Gasteiger charge is -2.12. The minimum absolute atomic E-state index is 0.0114. The van der Waals surface area contributed by atoms with Gasteiger partial charge in [-0.25, -0.2) is 18.4 Å². The maximum atomic E-state index is 13.0. The molecular weight excluding hydrogens is 476 g/mol. The number of hydrogen-bond donors (Lipinski definition) is 2. The highest BCUT2D eigenvalue weighted by atomic mass is 32.2. The number of anilines is 1. The highest BCUT2D eigenvalue weighted by Gasteiger charge is 2.21. The zero-order valence-electron chi connectivity index (χ0n) is 19.6. The van der Waals surface area contributed by atoms with Crippen molar-refractivity contribution in [1.82, 2.24) is 9.97 Å². The zero-order valence-corrected chi connectivity index (χ0v) is 20.4. The molecule has 1 aromatic heterocycles. The molecule has 1 aromatic carbocycles. The lowest BCUT2D eigenvalue weighted by Crippen LogP contribution is -2.25. The number of benzene rings is 1. The van der Waals surface area contributed by atoms with E-state index in [0.29, 0.717) is 18.6 Å². The molecule has 3 rings (SSSR count). The maximum Gasteiger partial charge on any atom is 0.279 e. The van der Waals surface area contributed by atoms with Crippen LogP contribution < -0.4 is 10.1 Å². The van der Waals surface area contributed by atoms with Crippen LogP contribution in [-0.2, 0) is 24.2 Å². The predicted molar refractivity (Wildman–Crippen MR) is 128 cm³/mol. The average Bonchev–Trinajstić information content (AvgIpc) is 3.38. The number of aliphatic hydroxyl groups excluding tert-OH is 1. The second kappa shape index (κ2) is 13.1. The van der Waals surface area contributed by atoms with Gasteiger partial charge >= 0.3 is 0 Å². The van der Waals surface area contributed by atoms with Crippen molar-refractivity contribution in [3.8, 4) is 5.88 Å². The van der Waals surface area contributed by atoms with Crippen molar-refractivity contribution >= 4 is 27.3 Å². The van der Waals surface area contributed by atoms with Gasteiger partial charge in [0.25, 0.3) is 5.91 Å². The van der Waals surface area contributed by atoms with Crippen LogP contribution in [0, 0.1) is 0 Å². The summed E-state index contributed by atoms with van der Waals surface area (Å²) in [6.07, 6.45) is 6.75. The summed E-state index contributed by atoms with van der Waals surface area (Å²) in [6.45, 7) is 0.270. The smallest absolute Gasteiger partial charge is 0.279 e. The number of rotatable bonds is 13. The molecule has 1 aliphatic rings. The van der Waals surface area contributed by atoms with Crippen molar-refractivity contribution in [1.29, 1.82) is 0 Å². The van der Waals surface area contributed by atoms with Gasteiger partial charge in [0.2, 0.25) is 5.88 Å².